The molecule has 0 amide bonds. The van der Waals surface area contributed by atoms with E-state index in [4.69, 9.17) is 16.3 Å². The van der Waals surface area contributed by atoms with Crippen LogP contribution in [0.5, 0.6) is 0 Å². The number of hydrogen-bond donors (Lipinski definition) is 1. The molecule has 1 aromatic heterocycles. The summed E-state index contributed by atoms with van der Waals surface area (Å²) < 4.78 is 33.3. The van der Waals surface area contributed by atoms with Crippen molar-refractivity contribution in [3.05, 3.63) is 70.5 Å². The molecule has 0 saturated carbocycles. The number of ether oxygens (including phenoxy) is 1. The summed E-state index contributed by atoms with van der Waals surface area (Å²) in [4.78, 5) is 16.1. The van der Waals surface area contributed by atoms with Gasteiger partial charge in [-0.3, -0.25) is 4.31 Å². The molecule has 0 atom stereocenters. The number of nitrogens with zero attached hydrogens (tertiary/aromatic N) is 1. The minimum absolute atomic E-state index is 0.116. The Balaban J connectivity index is 1.88. The minimum atomic E-state index is -3.92. The molecule has 2 aromatic carbocycles. The van der Waals surface area contributed by atoms with E-state index in [1.165, 1.54) is 16.6 Å². The van der Waals surface area contributed by atoms with Gasteiger partial charge < -0.3 is 9.72 Å². The second-order valence-corrected chi connectivity index (χ2v) is 9.28. The molecular formula is C22H21ClN2O4S. The van der Waals surface area contributed by atoms with Gasteiger partial charge in [-0.25, -0.2) is 13.2 Å². The lowest BCUT2D eigenvalue weighted by Crippen LogP contribution is -2.28. The van der Waals surface area contributed by atoms with Gasteiger partial charge in [0.1, 0.15) is 5.57 Å². The topological polar surface area (TPSA) is 79.5 Å². The summed E-state index contributed by atoms with van der Waals surface area (Å²) >= 11 is 6.15. The number of H-pyrrole nitrogens is 1. The van der Waals surface area contributed by atoms with Crippen LogP contribution < -0.4 is 0 Å². The van der Waals surface area contributed by atoms with Gasteiger partial charge in [-0.15, -0.1) is 0 Å². The fourth-order valence-corrected chi connectivity index (χ4v) is 5.54. The Bertz CT molecular complexity index is 1280. The lowest BCUT2D eigenvalue weighted by molar-refractivity contribution is -0.136. The van der Waals surface area contributed by atoms with Crippen LogP contribution in [0.4, 0.5) is 0 Å². The summed E-state index contributed by atoms with van der Waals surface area (Å²) in [5.74, 6) is -0.574. The van der Waals surface area contributed by atoms with Gasteiger partial charge in [0.15, 0.2) is 0 Å². The van der Waals surface area contributed by atoms with Crippen LogP contribution in [0.3, 0.4) is 0 Å². The van der Waals surface area contributed by atoms with Gasteiger partial charge in [-0.2, -0.15) is 0 Å². The number of rotatable bonds is 4. The van der Waals surface area contributed by atoms with E-state index >= 15 is 0 Å². The first-order valence-corrected chi connectivity index (χ1v) is 11.4. The van der Waals surface area contributed by atoms with Gasteiger partial charge in [-0.1, -0.05) is 35.9 Å². The number of para-hydroxylation sites is 1. The minimum Gasteiger partial charge on any atom is -0.462 e. The molecule has 8 heteroatoms. The van der Waals surface area contributed by atoms with Crippen molar-refractivity contribution < 1.29 is 17.9 Å². The summed E-state index contributed by atoms with van der Waals surface area (Å²) in [5.41, 5.74) is 3.03. The number of halogens is 1. The molecule has 0 bridgehead atoms. The molecule has 1 N–H and O–H groups in total. The van der Waals surface area contributed by atoms with Crippen molar-refractivity contribution in [2.75, 3.05) is 13.2 Å². The normalized spacial score (nSPS) is 14.2. The molecule has 0 unspecified atom stereocenters. The lowest BCUT2D eigenvalue weighted by Gasteiger charge is -2.21. The van der Waals surface area contributed by atoms with E-state index in [0.717, 1.165) is 16.5 Å². The maximum absolute atomic E-state index is 13.4. The third-order valence-electron chi connectivity index (χ3n) is 5.24. The van der Waals surface area contributed by atoms with Crippen molar-refractivity contribution in [1.82, 2.24) is 9.29 Å². The standard InChI is InChI=1S/C22H21ClN2O4S/c1-3-29-22(26)17-13-25(30(27,28)20-10-6-8-18(23)14(20)2)12-11-16-15-7-4-5-9-19(15)24-21(16)17/h4-10,13,24H,3,11-12H2,1-2H3. The first kappa shape index (κ1) is 20.5. The number of nitrogens with one attached hydrogen (secondary N) is 1. The van der Waals surface area contributed by atoms with Gasteiger partial charge in [-0.05, 0) is 49.6 Å². The van der Waals surface area contributed by atoms with Crippen molar-refractivity contribution in [3.63, 3.8) is 0 Å². The molecule has 156 valence electrons. The van der Waals surface area contributed by atoms with Crippen LogP contribution in [0, 0.1) is 6.92 Å². The fourth-order valence-electron chi connectivity index (χ4n) is 3.73. The molecule has 30 heavy (non-hydrogen) atoms. The highest BCUT2D eigenvalue weighted by Gasteiger charge is 2.31. The molecule has 4 rings (SSSR count). The van der Waals surface area contributed by atoms with Crippen molar-refractivity contribution in [2.45, 2.75) is 25.2 Å². The van der Waals surface area contributed by atoms with Gasteiger partial charge in [0, 0.05) is 28.7 Å². The molecule has 0 spiro atoms. The van der Waals surface area contributed by atoms with Crippen LogP contribution in [0.2, 0.25) is 5.02 Å². The Morgan fingerprint density at radius 2 is 1.97 bits per heavy atom. The van der Waals surface area contributed by atoms with Crippen molar-refractivity contribution in [2.24, 2.45) is 0 Å². The highest BCUT2D eigenvalue weighted by atomic mass is 35.5. The number of aromatic nitrogens is 1. The summed E-state index contributed by atoms with van der Waals surface area (Å²) in [6.45, 7) is 3.75. The number of sulfonamides is 1. The van der Waals surface area contributed by atoms with Crippen LogP contribution in [0.1, 0.15) is 23.7 Å². The Morgan fingerprint density at radius 3 is 2.73 bits per heavy atom. The quantitative estimate of drug-likeness (QED) is 0.609. The third-order valence-corrected chi connectivity index (χ3v) is 7.55. The Hall–Kier alpha value is -2.77. The Morgan fingerprint density at radius 1 is 1.20 bits per heavy atom. The summed E-state index contributed by atoms with van der Waals surface area (Å²) in [6, 6.07) is 12.5. The highest BCUT2D eigenvalue weighted by Crippen LogP contribution is 2.34. The van der Waals surface area contributed by atoms with Crippen molar-refractivity contribution >= 4 is 44.1 Å². The Labute approximate surface area is 180 Å². The fraction of sp³-hybridized carbons (Fsp3) is 0.227. The molecule has 0 fully saturated rings. The number of carbonyl (C=O) groups is 1. The Kier molecular flexibility index (Phi) is 5.34. The smallest absolute Gasteiger partial charge is 0.341 e. The third kappa shape index (κ3) is 3.38. The number of hydrogen-bond acceptors (Lipinski definition) is 4. The first-order valence-electron chi connectivity index (χ1n) is 9.60. The van der Waals surface area contributed by atoms with E-state index < -0.39 is 16.0 Å². The number of aromatic amines is 1. The predicted octanol–water partition coefficient (Wildman–Crippen LogP) is 4.28. The van der Waals surface area contributed by atoms with Gasteiger partial charge in [0.2, 0.25) is 0 Å². The summed E-state index contributed by atoms with van der Waals surface area (Å²) in [7, 11) is -3.92. The molecule has 2 heterocycles. The zero-order valence-electron chi connectivity index (χ0n) is 16.6. The monoisotopic (exact) mass is 444 g/mol. The van der Waals surface area contributed by atoms with Crippen molar-refractivity contribution in [1.29, 1.82) is 0 Å². The highest BCUT2D eigenvalue weighted by molar-refractivity contribution is 7.89. The number of fused-ring (bicyclic) bond motifs is 3. The molecule has 0 radical (unpaired) electrons. The maximum Gasteiger partial charge on any atom is 0.341 e. The molecule has 1 aliphatic heterocycles. The van der Waals surface area contributed by atoms with E-state index in [1.807, 2.05) is 24.3 Å². The van der Waals surface area contributed by atoms with E-state index in [0.29, 0.717) is 22.7 Å². The van der Waals surface area contributed by atoms with E-state index in [9.17, 15) is 13.2 Å². The number of carbonyl (C=O) groups excluding carboxylic acids is 1. The summed E-state index contributed by atoms with van der Waals surface area (Å²) in [6.07, 6.45) is 1.81. The van der Waals surface area contributed by atoms with Gasteiger partial charge in [0.05, 0.1) is 17.2 Å². The molecule has 3 aromatic rings. The van der Waals surface area contributed by atoms with Gasteiger partial charge in [0.25, 0.3) is 10.0 Å². The number of benzene rings is 2. The van der Waals surface area contributed by atoms with Gasteiger partial charge >= 0.3 is 5.97 Å². The molecule has 1 aliphatic rings. The first-order chi connectivity index (χ1) is 14.3. The lowest BCUT2D eigenvalue weighted by atomic mass is 10.0. The van der Waals surface area contributed by atoms with Crippen LogP contribution in [-0.2, 0) is 26.0 Å². The van der Waals surface area contributed by atoms with E-state index in [2.05, 4.69) is 4.98 Å². The van der Waals surface area contributed by atoms with Crippen LogP contribution in [0.15, 0.2) is 53.6 Å². The largest absolute Gasteiger partial charge is 0.462 e. The zero-order valence-corrected chi connectivity index (χ0v) is 18.2. The molecule has 6 nitrogen and oxygen atoms in total. The average molecular weight is 445 g/mol. The van der Waals surface area contributed by atoms with E-state index in [1.54, 1.807) is 26.0 Å². The van der Waals surface area contributed by atoms with E-state index in [-0.39, 0.29) is 23.6 Å². The zero-order chi connectivity index (χ0) is 21.5. The van der Waals surface area contributed by atoms with Crippen LogP contribution in [0.25, 0.3) is 16.5 Å². The van der Waals surface area contributed by atoms with Crippen molar-refractivity contribution in [3.8, 4) is 0 Å². The maximum atomic E-state index is 13.4. The second kappa shape index (κ2) is 7.81. The SMILES string of the molecule is CCOC(=O)C1=CN(S(=O)(=O)c2cccc(Cl)c2C)CCc2c1[nH]c1ccccc21. The van der Waals surface area contributed by atoms with Crippen LogP contribution in [-0.4, -0.2) is 36.8 Å². The van der Waals surface area contributed by atoms with Crippen LogP contribution >= 0.6 is 11.6 Å². The molecule has 0 aliphatic carbocycles. The molecule has 0 saturated heterocycles. The number of esters is 1. The summed E-state index contributed by atoms with van der Waals surface area (Å²) in [5, 5.41) is 1.33. The second-order valence-electron chi connectivity index (χ2n) is 7.02. The molecular weight excluding hydrogens is 424 g/mol. The average Bonchev–Trinajstić information content (AvgIpc) is 2.96. The predicted molar refractivity (Wildman–Crippen MR) is 117 cm³/mol.